The third-order valence-corrected chi connectivity index (χ3v) is 4.80. The van der Waals surface area contributed by atoms with Gasteiger partial charge in [0.05, 0.1) is 6.54 Å². The van der Waals surface area contributed by atoms with Crippen molar-refractivity contribution in [3.8, 4) is 5.75 Å². The van der Waals surface area contributed by atoms with Crippen molar-refractivity contribution in [2.75, 3.05) is 39.3 Å². The van der Waals surface area contributed by atoms with Gasteiger partial charge in [0, 0.05) is 19.1 Å². The predicted octanol–water partition coefficient (Wildman–Crippen LogP) is 2.77. The molecule has 0 saturated heterocycles. The van der Waals surface area contributed by atoms with E-state index in [0.29, 0.717) is 24.9 Å². The molecular weight excluding hydrogens is 378 g/mol. The average molecular weight is 420 g/mol. The Hall–Kier alpha value is -2.28. The van der Waals surface area contributed by atoms with E-state index in [1.807, 2.05) is 31.2 Å². The topological polar surface area (TPSA) is 78.0 Å². The number of carbonyl (C=O) groups is 1. The Morgan fingerprint density at radius 3 is 2.53 bits per heavy atom. The SMILES string of the molecule is CCNC(=O)COc1cccc(CN=C(NCC)NC(C)CCCN(CC)CC)c1. The Labute approximate surface area is 182 Å². The van der Waals surface area contributed by atoms with Crippen molar-refractivity contribution in [1.29, 1.82) is 0 Å². The van der Waals surface area contributed by atoms with Gasteiger partial charge in [0.2, 0.25) is 0 Å². The molecule has 3 N–H and O–H groups in total. The molecule has 1 aromatic carbocycles. The van der Waals surface area contributed by atoms with Crippen molar-refractivity contribution >= 4 is 11.9 Å². The number of aliphatic imine (C=N–C) groups is 1. The molecule has 30 heavy (non-hydrogen) atoms. The van der Waals surface area contributed by atoms with Gasteiger partial charge < -0.3 is 25.6 Å². The van der Waals surface area contributed by atoms with E-state index >= 15 is 0 Å². The summed E-state index contributed by atoms with van der Waals surface area (Å²) in [6.45, 7) is 15.9. The second-order valence-electron chi connectivity index (χ2n) is 7.30. The Bertz CT molecular complexity index is 632. The number of rotatable bonds is 14. The van der Waals surface area contributed by atoms with Crippen LogP contribution in [0.15, 0.2) is 29.3 Å². The molecule has 1 aromatic rings. The van der Waals surface area contributed by atoms with E-state index in [9.17, 15) is 4.79 Å². The van der Waals surface area contributed by atoms with Crippen LogP contribution in [0.2, 0.25) is 0 Å². The first kappa shape index (κ1) is 25.8. The highest BCUT2D eigenvalue weighted by Crippen LogP contribution is 2.14. The molecule has 0 spiro atoms. The van der Waals surface area contributed by atoms with Crippen LogP contribution in [-0.4, -0.2) is 62.1 Å². The van der Waals surface area contributed by atoms with Gasteiger partial charge >= 0.3 is 0 Å². The zero-order valence-corrected chi connectivity index (χ0v) is 19.5. The summed E-state index contributed by atoms with van der Waals surface area (Å²) in [5.74, 6) is 1.38. The van der Waals surface area contributed by atoms with Crippen LogP contribution in [0.25, 0.3) is 0 Å². The molecule has 0 aliphatic rings. The standard InChI is InChI=1S/C23H41N5O2/c1-6-24-22(29)18-30-21-14-10-13-20(16-21)17-26-23(25-7-2)27-19(5)12-11-15-28(8-3)9-4/h10,13-14,16,19H,6-9,11-12,15,17-18H2,1-5H3,(H,24,29)(H2,25,26,27). The Morgan fingerprint density at radius 1 is 1.13 bits per heavy atom. The van der Waals surface area contributed by atoms with E-state index in [1.54, 1.807) is 0 Å². The lowest BCUT2D eigenvalue weighted by Gasteiger charge is -2.21. The van der Waals surface area contributed by atoms with E-state index in [0.717, 1.165) is 44.1 Å². The molecule has 0 heterocycles. The largest absolute Gasteiger partial charge is 0.484 e. The number of guanidine groups is 1. The second-order valence-corrected chi connectivity index (χ2v) is 7.30. The third-order valence-electron chi connectivity index (χ3n) is 4.80. The zero-order valence-electron chi connectivity index (χ0n) is 19.5. The normalized spacial score (nSPS) is 12.5. The number of ether oxygens (including phenoxy) is 1. The number of nitrogens with zero attached hydrogens (tertiary/aromatic N) is 2. The van der Waals surface area contributed by atoms with Crippen LogP contribution in [0.4, 0.5) is 0 Å². The molecule has 0 aromatic heterocycles. The number of benzene rings is 1. The lowest BCUT2D eigenvalue weighted by atomic mass is 10.2. The highest BCUT2D eigenvalue weighted by atomic mass is 16.5. The molecular formula is C23H41N5O2. The third kappa shape index (κ3) is 11.0. The molecule has 170 valence electrons. The molecule has 0 bridgehead atoms. The second kappa shape index (κ2) is 15.5. The van der Waals surface area contributed by atoms with Gasteiger partial charge in [-0.3, -0.25) is 4.79 Å². The minimum absolute atomic E-state index is 0.0236. The molecule has 0 aliphatic carbocycles. The number of likely N-dealkylation sites (N-methyl/N-ethyl adjacent to an activating group) is 1. The van der Waals surface area contributed by atoms with Gasteiger partial charge in [-0.1, -0.05) is 26.0 Å². The van der Waals surface area contributed by atoms with E-state index < -0.39 is 0 Å². The molecule has 0 radical (unpaired) electrons. The molecule has 0 saturated carbocycles. The van der Waals surface area contributed by atoms with Crippen LogP contribution < -0.4 is 20.7 Å². The molecule has 0 aliphatic heterocycles. The highest BCUT2D eigenvalue weighted by molar-refractivity contribution is 5.80. The highest BCUT2D eigenvalue weighted by Gasteiger charge is 2.07. The summed E-state index contributed by atoms with van der Waals surface area (Å²) < 4.78 is 5.57. The monoisotopic (exact) mass is 419 g/mol. The maximum Gasteiger partial charge on any atom is 0.257 e. The van der Waals surface area contributed by atoms with Crippen molar-refractivity contribution in [3.63, 3.8) is 0 Å². The fraction of sp³-hybridized carbons (Fsp3) is 0.652. The minimum atomic E-state index is -0.116. The Morgan fingerprint density at radius 2 is 1.87 bits per heavy atom. The summed E-state index contributed by atoms with van der Waals surface area (Å²) in [6.07, 6.45) is 2.27. The van der Waals surface area contributed by atoms with Gasteiger partial charge in [-0.15, -0.1) is 0 Å². The first-order valence-electron chi connectivity index (χ1n) is 11.3. The number of amides is 1. The van der Waals surface area contributed by atoms with Gasteiger partial charge in [0.15, 0.2) is 12.6 Å². The number of hydrogen-bond donors (Lipinski definition) is 3. The number of hydrogen-bond acceptors (Lipinski definition) is 4. The molecule has 1 atom stereocenters. The summed E-state index contributed by atoms with van der Waals surface area (Å²) in [5, 5.41) is 9.55. The minimum Gasteiger partial charge on any atom is -0.484 e. The van der Waals surface area contributed by atoms with E-state index in [4.69, 9.17) is 9.73 Å². The van der Waals surface area contributed by atoms with Crippen LogP contribution in [0.3, 0.4) is 0 Å². The van der Waals surface area contributed by atoms with Crippen molar-refractivity contribution in [1.82, 2.24) is 20.9 Å². The van der Waals surface area contributed by atoms with Gasteiger partial charge in [-0.25, -0.2) is 4.99 Å². The van der Waals surface area contributed by atoms with Gasteiger partial charge in [-0.2, -0.15) is 0 Å². The molecule has 0 fully saturated rings. The lowest BCUT2D eigenvalue weighted by Crippen LogP contribution is -2.42. The number of nitrogens with one attached hydrogen (secondary N) is 3. The maximum atomic E-state index is 11.6. The zero-order chi connectivity index (χ0) is 22.2. The van der Waals surface area contributed by atoms with Gasteiger partial charge in [0.25, 0.3) is 5.91 Å². The fourth-order valence-corrected chi connectivity index (χ4v) is 3.09. The van der Waals surface area contributed by atoms with Crippen molar-refractivity contribution in [2.45, 2.75) is 60.0 Å². The van der Waals surface area contributed by atoms with E-state index in [2.05, 4.69) is 48.5 Å². The quantitative estimate of drug-likeness (QED) is 0.319. The summed E-state index contributed by atoms with van der Waals surface area (Å²) in [4.78, 5) is 18.7. The Kier molecular flexibility index (Phi) is 13.3. The van der Waals surface area contributed by atoms with Crippen LogP contribution in [0, 0.1) is 0 Å². The Balaban J connectivity index is 2.56. The van der Waals surface area contributed by atoms with Crippen LogP contribution in [0.5, 0.6) is 5.75 Å². The lowest BCUT2D eigenvalue weighted by molar-refractivity contribution is -0.122. The van der Waals surface area contributed by atoms with E-state index in [1.165, 1.54) is 6.42 Å². The van der Waals surface area contributed by atoms with Crippen molar-refractivity contribution < 1.29 is 9.53 Å². The summed E-state index contributed by atoms with van der Waals surface area (Å²) in [7, 11) is 0. The van der Waals surface area contributed by atoms with Crippen LogP contribution in [-0.2, 0) is 11.3 Å². The smallest absolute Gasteiger partial charge is 0.257 e. The first-order valence-corrected chi connectivity index (χ1v) is 11.3. The average Bonchev–Trinajstić information content (AvgIpc) is 2.74. The van der Waals surface area contributed by atoms with Crippen molar-refractivity contribution in [2.24, 2.45) is 4.99 Å². The van der Waals surface area contributed by atoms with Crippen LogP contribution >= 0.6 is 0 Å². The summed E-state index contributed by atoms with van der Waals surface area (Å²) >= 11 is 0. The van der Waals surface area contributed by atoms with Crippen molar-refractivity contribution in [3.05, 3.63) is 29.8 Å². The molecule has 7 heteroatoms. The summed E-state index contributed by atoms with van der Waals surface area (Å²) in [5.41, 5.74) is 1.04. The van der Waals surface area contributed by atoms with Crippen LogP contribution in [0.1, 0.15) is 53.0 Å². The summed E-state index contributed by atoms with van der Waals surface area (Å²) in [6, 6.07) is 8.08. The maximum absolute atomic E-state index is 11.6. The molecule has 1 amide bonds. The predicted molar refractivity (Wildman–Crippen MR) is 125 cm³/mol. The molecule has 1 rings (SSSR count). The first-order chi connectivity index (χ1) is 14.5. The molecule has 1 unspecified atom stereocenters. The van der Waals surface area contributed by atoms with Gasteiger partial charge in [-0.05, 0) is 70.9 Å². The van der Waals surface area contributed by atoms with Gasteiger partial charge in [0.1, 0.15) is 5.75 Å². The fourth-order valence-electron chi connectivity index (χ4n) is 3.09. The van der Waals surface area contributed by atoms with E-state index in [-0.39, 0.29) is 12.5 Å². The number of carbonyl (C=O) groups excluding carboxylic acids is 1. The molecule has 7 nitrogen and oxygen atoms in total.